The second-order valence-electron chi connectivity index (χ2n) is 5.76. The van der Waals surface area contributed by atoms with Crippen molar-refractivity contribution in [2.24, 2.45) is 0 Å². The molecule has 0 fully saturated rings. The smallest absolute Gasteiger partial charge is 0.422 e. The van der Waals surface area contributed by atoms with Gasteiger partial charge in [0.15, 0.2) is 12.4 Å². The molecule has 0 atom stereocenters. The number of amides is 1. The van der Waals surface area contributed by atoms with Crippen LogP contribution in [0.25, 0.3) is 11.6 Å². The molecule has 1 aromatic carbocycles. The minimum absolute atomic E-state index is 0.00794. The highest BCUT2D eigenvalue weighted by Gasteiger charge is 2.28. The maximum absolute atomic E-state index is 12.2. The van der Waals surface area contributed by atoms with Gasteiger partial charge in [0.1, 0.15) is 11.8 Å². The lowest BCUT2D eigenvalue weighted by molar-refractivity contribution is -0.153. The minimum Gasteiger partial charge on any atom is -0.483 e. The lowest BCUT2D eigenvalue weighted by atomic mass is 10.2. The van der Waals surface area contributed by atoms with Gasteiger partial charge < -0.3 is 19.0 Å². The van der Waals surface area contributed by atoms with Crippen LogP contribution >= 0.6 is 0 Å². The zero-order valence-electron chi connectivity index (χ0n) is 14.7. The van der Waals surface area contributed by atoms with Gasteiger partial charge in [0, 0.05) is 18.5 Å². The van der Waals surface area contributed by atoms with Crippen LogP contribution in [0.15, 0.2) is 45.5 Å². The average Bonchev–Trinajstić information content (AvgIpc) is 3.36. The first kappa shape index (κ1) is 19.9. The van der Waals surface area contributed by atoms with Crippen LogP contribution in [0.4, 0.5) is 18.9 Å². The number of nitrogens with one attached hydrogen (secondary N) is 1. The van der Waals surface area contributed by atoms with Crippen LogP contribution < -0.4 is 10.1 Å². The predicted molar refractivity (Wildman–Crippen MR) is 91.7 cm³/mol. The maximum atomic E-state index is 12.2. The van der Waals surface area contributed by atoms with Crippen LogP contribution in [0.2, 0.25) is 0 Å². The van der Waals surface area contributed by atoms with Crippen molar-refractivity contribution in [2.45, 2.75) is 19.0 Å². The van der Waals surface area contributed by atoms with Crippen molar-refractivity contribution in [1.29, 1.82) is 5.26 Å². The highest BCUT2D eigenvalue weighted by molar-refractivity contribution is 5.91. The SMILES string of the molecule is N#Cc1cc(NC(=O)CCc2nc(-c3ccco3)no2)ccc1OCC(F)(F)F. The number of hydrogen-bond acceptors (Lipinski definition) is 7. The van der Waals surface area contributed by atoms with Crippen molar-refractivity contribution in [3.63, 3.8) is 0 Å². The summed E-state index contributed by atoms with van der Waals surface area (Å²) in [4.78, 5) is 16.2. The first-order valence-corrected chi connectivity index (χ1v) is 8.24. The van der Waals surface area contributed by atoms with E-state index >= 15 is 0 Å². The summed E-state index contributed by atoms with van der Waals surface area (Å²) in [5, 5.41) is 15.4. The van der Waals surface area contributed by atoms with Gasteiger partial charge in [-0.25, -0.2) is 0 Å². The number of aromatic nitrogens is 2. The van der Waals surface area contributed by atoms with Gasteiger partial charge in [-0.3, -0.25) is 4.79 Å². The summed E-state index contributed by atoms with van der Waals surface area (Å²) in [5.74, 6) is 0.301. The van der Waals surface area contributed by atoms with E-state index in [1.54, 1.807) is 18.2 Å². The fourth-order valence-electron chi connectivity index (χ4n) is 2.29. The quantitative estimate of drug-likeness (QED) is 0.636. The van der Waals surface area contributed by atoms with Crippen LogP contribution in [0.3, 0.4) is 0 Å². The normalized spacial score (nSPS) is 11.1. The number of benzene rings is 1. The van der Waals surface area contributed by atoms with Crippen molar-refractivity contribution in [3.8, 4) is 23.4 Å². The van der Waals surface area contributed by atoms with Crippen LogP contribution in [0.1, 0.15) is 17.9 Å². The molecule has 1 N–H and O–H groups in total. The molecule has 2 aromatic heterocycles. The van der Waals surface area contributed by atoms with Crippen molar-refractivity contribution in [3.05, 3.63) is 48.0 Å². The largest absolute Gasteiger partial charge is 0.483 e. The fourth-order valence-corrected chi connectivity index (χ4v) is 2.29. The van der Waals surface area contributed by atoms with Gasteiger partial charge in [0.2, 0.25) is 17.6 Å². The molecule has 0 unspecified atom stereocenters. The molecule has 0 saturated carbocycles. The van der Waals surface area contributed by atoms with Gasteiger partial charge in [-0.15, -0.1) is 0 Å². The lowest BCUT2D eigenvalue weighted by Gasteiger charge is -2.11. The van der Waals surface area contributed by atoms with Crippen molar-refractivity contribution < 1.29 is 31.6 Å². The Morgan fingerprint density at radius 2 is 2.14 bits per heavy atom. The van der Waals surface area contributed by atoms with E-state index in [9.17, 15) is 18.0 Å². The van der Waals surface area contributed by atoms with E-state index < -0.39 is 18.7 Å². The Bertz CT molecular complexity index is 1020. The number of carbonyl (C=O) groups is 1. The van der Waals surface area contributed by atoms with E-state index in [2.05, 4.69) is 20.2 Å². The zero-order chi connectivity index (χ0) is 20.9. The van der Waals surface area contributed by atoms with Gasteiger partial charge in [-0.1, -0.05) is 5.16 Å². The highest BCUT2D eigenvalue weighted by atomic mass is 19.4. The number of nitrogens with zero attached hydrogens (tertiary/aromatic N) is 3. The number of anilines is 1. The Hall–Kier alpha value is -3.81. The summed E-state index contributed by atoms with van der Waals surface area (Å²) in [7, 11) is 0. The number of hydrogen-bond donors (Lipinski definition) is 1. The molecule has 0 radical (unpaired) electrons. The van der Waals surface area contributed by atoms with Crippen molar-refractivity contribution in [1.82, 2.24) is 10.1 Å². The average molecular weight is 406 g/mol. The predicted octanol–water partition coefficient (Wildman–Crippen LogP) is 3.71. The summed E-state index contributed by atoms with van der Waals surface area (Å²) in [5.41, 5.74) is 0.111. The molecule has 0 bridgehead atoms. The van der Waals surface area contributed by atoms with E-state index in [0.29, 0.717) is 5.76 Å². The third-order valence-electron chi connectivity index (χ3n) is 3.55. The van der Waals surface area contributed by atoms with Crippen LogP contribution in [0, 0.1) is 11.3 Å². The van der Waals surface area contributed by atoms with E-state index in [-0.39, 0.29) is 41.6 Å². The highest BCUT2D eigenvalue weighted by Crippen LogP contribution is 2.25. The van der Waals surface area contributed by atoms with Gasteiger partial charge in [-0.2, -0.15) is 23.4 Å². The van der Waals surface area contributed by atoms with E-state index in [1.807, 2.05) is 0 Å². The number of alkyl halides is 3. The number of nitriles is 1. The van der Waals surface area contributed by atoms with Crippen molar-refractivity contribution in [2.75, 3.05) is 11.9 Å². The Kier molecular flexibility index (Phi) is 5.82. The second kappa shape index (κ2) is 8.47. The molecule has 29 heavy (non-hydrogen) atoms. The molecule has 3 aromatic rings. The standard InChI is InChI=1S/C18H13F3N4O4/c19-18(20,21)10-28-13-4-3-12(8-11(13)9-22)23-15(26)5-6-16-24-17(25-29-16)14-2-1-7-27-14/h1-4,7-8H,5-6,10H2,(H,23,26). The van der Waals surface area contributed by atoms with Crippen LogP contribution in [-0.2, 0) is 11.2 Å². The Balaban J connectivity index is 1.56. The Labute approximate surface area is 161 Å². The summed E-state index contributed by atoms with van der Waals surface area (Å²) in [6.07, 6.45) is -2.88. The Morgan fingerprint density at radius 3 is 2.83 bits per heavy atom. The number of rotatable bonds is 7. The molecule has 0 aliphatic rings. The molecular formula is C18H13F3N4O4. The fraction of sp³-hybridized carbons (Fsp3) is 0.222. The van der Waals surface area contributed by atoms with Crippen molar-refractivity contribution >= 4 is 11.6 Å². The molecule has 3 rings (SSSR count). The number of carbonyl (C=O) groups excluding carboxylic acids is 1. The molecule has 0 spiro atoms. The van der Waals surface area contributed by atoms with E-state index in [1.165, 1.54) is 24.5 Å². The Morgan fingerprint density at radius 1 is 1.31 bits per heavy atom. The third kappa shape index (κ3) is 5.58. The molecular weight excluding hydrogens is 393 g/mol. The van der Waals surface area contributed by atoms with Gasteiger partial charge >= 0.3 is 6.18 Å². The topological polar surface area (TPSA) is 114 Å². The summed E-state index contributed by atoms with van der Waals surface area (Å²) in [6, 6.07) is 8.83. The first-order chi connectivity index (χ1) is 13.8. The number of aryl methyl sites for hydroxylation is 1. The molecule has 0 saturated heterocycles. The zero-order valence-corrected chi connectivity index (χ0v) is 14.7. The van der Waals surface area contributed by atoms with Gasteiger partial charge in [0.05, 0.1) is 11.8 Å². The summed E-state index contributed by atoms with van der Waals surface area (Å²) in [6.45, 7) is -1.52. The summed E-state index contributed by atoms with van der Waals surface area (Å²) >= 11 is 0. The number of furan rings is 1. The first-order valence-electron chi connectivity index (χ1n) is 8.24. The third-order valence-corrected chi connectivity index (χ3v) is 3.55. The molecule has 8 nitrogen and oxygen atoms in total. The number of ether oxygens (including phenoxy) is 1. The van der Waals surface area contributed by atoms with Gasteiger partial charge in [-0.05, 0) is 30.3 Å². The van der Waals surface area contributed by atoms with Gasteiger partial charge in [0.25, 0.3) is 0 Å². The number of halogens is 3. The molecule has 2 heterocycles. The molecule has 0 aliphatic carbocycles. The van der Waals surface area contributed by atoms with E-state index in [0.717, 1.165) is 0 Å². The lowest BCUT2D eigenvalue weighted by Crippen LogP contribution is -2.19. The monoisotopic (exact) mass is 406 g/mol. The second-order valence-corrected chi connectivity index (χ2v) is 5.76. The minimum atomic E-state index is -4.52. The maximum Gasteiger partial charge on any atom is 0.422 e. The van der Waals surface area contributed by atoms with E-state index in [4.69, 9.17) is 14.2 Å². The van der Waals surface area contributed by atoms with Crippen LogP contribution in [0.5, 0.6) is 5.75 Å². The molecule has 11 heteroatoms. The molecule has 1 amide bonds. The molecule has 0 aliphatic heterocycles. The van der Waals surface area contributed by atoms with Crippen LogP contribution in [-0.4, -0.2) is 28.8 Å². The molecule has 150 valence electrons. The summed E-state index contributed by atoms with van der Waals surface area (Å²) < 4.78 is 51.5.